The summed E-state index contributed by atoms with van der Waals surface area (Å²) in [5.74, 6) is 1.22. The second kappa shape index (κ2) is 8.35. The first-order valence-electron chi connectivity index (χ1n) is 7.21. The highest BCUT2D eigenvalue weighted by molar-refractivity contribution is 5.55. The summed E-state index contributed by atoms with van der Waals surface area (Å²) in [4.78, 5) is 17.2. The van der Waals surface area contributed by atoms with E-state index in [0.29, 0.717) is 11.6 Å². The van der Waals surface area contributed by atoms with E-state index in [-0.39, 0.29) is 10.6 Å². The zero-order chi connectivity index (χ0) is 15.0. The summed E-state index contributed by atoms with van der Waals surface area (Å²) in [6, 6.07) is 3.02. The molecule has 0 fully saturated rings. The highest BCUT2D eigenvalue weighted by atomic mass is 16.6. The first-order chi connectivity index (χ1) is 9.62. The van der Waals surface area contributed by atoms with Crippen LogP contribution in [-0.2, 0) is 0 Å². The number of hydrogen-bond donors (Lipinski definition) is 1. The Morgan fingerprint density at radius 1 is 1.25 bits per heavy atom. The van der Waals surface area contributed by atoms with Crippen LogP contribution in [0, 0.1) is 10.1 Å². The molecule has 1 heterocycles. The van der Waals surface area contributed by atoms with Crippen molar-refractivity contribution in [2.45, 2.75) is 39.5 Å². The van der Waals surface area contributed by atoms with E-state index in [9.17, 15) is 10.1 Å². The van der Waals surface area contributed by atoms with E-state index in [4.69, 9.17) is 0 Å². The van der Waals surface area contributed by atoms with Crippen LogP contribution in [0.25, 0.3) is 0 Å². The molecule has 1 aromatic rings. The van der Waals surface area contributed by atoms with Crippen LogP contribution >= 0.6 is 0 Å². The number of nitrogens with zero attached hydrogens (tertiary/aromatic N) is 3. The van der Waals surface area contributed by atoms with Crippen molar-refractivity contribution in [3.63, 3.8) is 0 Å². The van der Waals surface area contributed by atoms with Crippen molar-refractivity contribution in [2.24, 2.45) is 0 Å². The molecule has 0 saturated heterocycles. The lowest BCUT2D eigenvalue weighted by Gasteiger charge is -2.23. The third kappa shape index (κ3) is 4.68. The fourth-order valence-corrected chi connectivity index (χ4v) is 1.94. The molecule has 0 saturated carbocycles. The Morgan fingerprint density at radius 3 is 2.30 bits per heavy atom. The monoisotopic (exact) mass is 280 g/mol. The number of nitro groups is 1. The van der Waals surface area contributed by atoms with Crippen molar-refractivity contribution in [3.8, 4) is 0 Å². The summed E-state index contributed by atoms with van der Waals surface area (Å²) in [5, 5.41) is 13.9. The van der Waals surface area contributed by atoms with Crippen LogP contribution in [0.5, 0.6) is 0 Å². The zero-order valence-electron chi connectivity index (χ0n) is 12.6. The molecule has 0 bridgehead atoms. The van der Waals surface area contributed by atoms with E-state index in [1.54, 1.807) is 13.1 Å². The van der Waals surface area contributed by atoms with Gasteiger partial charge < -0.3 is 10.2 Å². The topological polar surface area (TPSA) is 71.3 Å². The van der Waals surface area contributed by atoms with Gasteiger partial charge in [-0.1, -0.05) is 26.7 Å². The molecule has 112 valence electrons. The van der Waals surface area contributed by atoms with Crippen LogP contribution in [0.15, 0.2) is 12.1 Å². The van der Waals surface area contributed by atoms with Crippen LogP contribution in [0.1, 0.15) is 39.5 Å². The number of aromatic nitrogens is 1. The summed E-state index contributed by atoms with van der Waals surface area (Å²) in [6.07, 6.45) is 4.30. The normalized spacial score (nSPS) is 10.3. The van der Waals surface area contributed by atoms with Crippen molar-refractivity contribution < 1.29 is 4.92 Å². The molecule has 1 rings (SSSR count). The Balaban J connectivity index is 3.02. The summed E-state index contributed by atoms with van der Waals surface area (Å²) in [5.41, 5.74) is 0.0809. The second-order valence-corrected chi connectivity index (χ2v) is 4.77. The Kier molecular flexibility index (Phi) is 6.76. The Labute approximate surface area is 120 Å². The van der Waals surface area contributed by atoms with Crippen LogP contribution in [0.4, 0.5) is 17.3 Å². The molecule has 1 aromatic heterocycles. The molecule has 0 unspecified atom stereocenters. The van der Waals surface area contributed by atoms with Gasteiger partial charge >= 0.3 is 0 Å². The van der Waals surface area contributed by atoms with E-state index in [0.717, 1.165) is 38.8 Å². The molecule has 0 spiro atoms. The van der Waals surface area contributed by atoms with E-state index >= 15 is 0 Å². The van der Waals surface area contributed by atoms with Gasteiger partial charge in [-0.3, -0.25) is 10.1 Å². The molecule has 20 heavy (non-hydrogen) atoms. The van der Waals surface area contributed by atoms with Gasteiger partial charge in [0.25, 0.3) is 5.69 Å². The molecular formula is C14H24N4O2. The number of hydrogen-bond acceptors (Lipinski definition) is 5. The lowest BCUT2D eigenvalue weighted by molar-refractivity contribution is -0.384. The van der Waals surface area contributed by atoms with Crippen molar-refractivity contribution in [2.75, 3.05) is 30.4 Å². The average molecular weight is 280 g/mol. The Bertz CT molecular complexity index is 429. The maximum atomic E-state index is 11.0. The number of unbranched alkanes of at least 4 members (excludes halogenated alkanes) is 2. The summed E-state index contributed by atoms with van der Waals surface area (Å²) >= 11 is 0. The maximum Gasteiger partial charge on any atom is 0.276 e. The fraction of sp³-hybridized carbons (Fsp3) is 0.643. The molecule has 0 radical (unpaired) electrons. The summed E-state index contributed by atoms with van der Waals surface area (Å²) < 4.78 is 0. The molecule has 0 aromatic carbocycles. The molecule has 0 aliphatic rings. The van der Waals surface area contributed by atoms with Crippen LogP contribution in [-0.4, -0.2) is 30.0 Å². The van der Waals surface area contributed by atoms with E-state index < -0.39 is 0 Å². The van der Waals surface area contributed by atoms with Gasteiger partial charge in [-0.05, 0) is 12.8 Å². The standard InChI is InChI=1S/C14H24N4O2/c1-4-6-8-17(9-7-5-2)14-11-12(18(19)20)10-13(15-3)16-14/h10-11H,4-9H2,1-3H3,(H,15,16). The molecule has 1 N–H and O–H groups in total. The highest BCUT2D eigenvalue weighted by Gasteiger charge is 2.15. The van der Waals surface area contributed by atoms with Gasteiger partial charge in [0.15, 0.2) is 0 Å². The third-order valence-corrected chi connectivity index (χ3v) is 3.15. The Hall–Kier alpha value is -1.85. The lowest BCUT2D eigenvalue weighted by Crippen LogP contribution is -2.26. The van der Waals surface area contributed by atoms with Gasteiger partial charge in [0.05, 0.1) is 17.1 Å². The minimum atomic E-state index is -0.371. The van der Waals surface area contributed by atoms with Crippen LogP contribution < -0.4 is 10.2 Å². The van der Waals surface area contributed by atoms with Gasteiger partial charge in [-0.25, -0.2) is 4.98 Å². The van der Waals surface area contributed by atoms with Gasteiger partial charge in [0.2, 0.25) is 0 Å². The summed E-state index contributed by atoms with van der Waals surface area (Å²) in [7, 11) is 1.72. The maximum absolute atomic E-state index is 11.0. The van der Waals surface area contributed by atoms with Crippen molar-refractivity contribution in [1.29, 1.82) is 0 Å². The SMILES string of the molecule is CCCCN(CCCC)c1cc([N+](=O)[O-])cc(NC)n1. The largest absolute Gasteiger partial charge is 0.373 e. The molecule has 0 amide bonds. The minimum absolute atomic E-state index is 0.0809. The van der Waals surface area contributed by atoms with E-state index in [1.165, 1.54) is 6.07 Å². The van der Waals surface area contributed by atoms with Crippen molar-refractivity contribution in [1.82, 2.24) is 4.98 Å². The molecule has 6 heteroatoms. The predicted octanol–water partition coefficient (Wildman–Crippen LogP) is 3.44. The number of anilines is 2. The zero-order valence-corrected chi connectivity index (χ0v) is 12.6. The third-order valence-electron chi connectivity index (χ3n) is 3.15. The molecular weight excluding hydrogens is 256 g/mol. The quantitative estimate of drug-likeness (QED) is 0.554. The van der Waals surface area contributed by atoms with Crippen LogP contribution in [0.2, 0.25) is 0 Å². The smallest absolute Gasteiger partial charge is 0.276 e. The minimum Gasteiger partial charge on any atom is -0.373 e. The van der Waals surface area contributed by atoms with Gasteiger partial charge in [0, 0.05) is 20.1 Å². The fourth-order valence-electron chi connectivity index (χ4n) is 1.94. The molecule has 0 aliphatic heterocycles. The molecule has 0 atom stereocenters. The van der Waals surface area contributed by atoms with Gasteiger partial charge in [0.1, 0.15) is 11.6 Å². The number of pyridine rings is 1. The van der Waals surface area contributed by atoms with Gasteiger partial charge in [-0.15, -0.1) is 0 Å². The average Bonchev–Trinajstić information content (AvgIpc) is 2.46. The lowest BCUT2D eigenvalue weighted by atomic mass is 10.2. The molecule has 6 nitrogen and oxygen atoms in total. The number of rotatable bonds is 9. The first kappa shape index (κ1) is 16.2. The molecule has 0 aliphatic carbocycles. The van der Waals surface area contributed by atoms with Crippen molar-refractivity contribution >= 4 is 17.3 Å². The number of nitrogens with one attached hydrogen (secondary N) is 1. The van der Waals surface area contributed by atoms with Gasteiger partial charge in [-0.2, -0.15) is 0 Å². The highest BCUT2D eigenvalue weighted by Crippen LogP contribution is 2.23. The second-order valence-electron chi connectivity index (χ2n) is 4.77. The van der Waals surface area contributed by atoms with E-state index in [2.05, 4.69) is 29.0 Å². The first-order valence-corrected chi connectivity index (χ1v) is 7.21. The summed E-state index contributed by atoms with van der Waals surface area (Å²) in [6.45, 7) is 6.04. The van der Waals surface area contributed by atoms with Crippen LogP contribution in [0.3, 0.4) is 0 Å². The van der Waals surface area contributed by atoms with Crippen molar-refractivity contribution in [3.05, 3.63) is 22.2 Å². The Morgan fingerprint density at radius 2 is 1.85 bits per heavy atom. The predicted molar refractivity (Wildman–Crippen MR) is 82.5 cm³/mol. The van der Waals surface area contributed by atoms with E-state index in [1.807, 2.05) is 0 Å².